The van der Waals surface area contributed by atoms with E-state index in [2.05, 4.69) is 18.6 Å². The number of ether oxygens (including phenoxy) is 1. The quantitative estimate of drug-likeness (QED) is 0.588. The van der Waals surface area contributed by atoms with Crippen LogP contribution in [0.1, 0.15) is 74.1 Å². The molecule has 0 saturated heterocycles. The van der Waals surface area contributed by atoms with Crippen LogP contribution in [0.5, 0.6) is 0 Å². The van der Waals surface area contributed by atoms with Crippen LogP contribution in [0.25, 0.3) is 0 Å². The molecule has 0 aromatic carbocycles. The highest BCUT2D eigenvalue weighted by atomic mass is 16.5. The third-order valence-electron chi connectivity index (χ3n) is 1.43. The van der Waals surface area contributed by atoms with E-state index in [0.717, 1.165) is 12.8 Å². The van der Waals surface area contributed by atoms with Gasteiger partial charge in [-0.25, -0.2) is 0 Å². The van der Waals surface area contributed by atoms with Gasteiger partial charge in [0.15, 0.2) is 0 Å². The van der Waals surface area contributed by atoms with Crippen molar-refractivity contribution in [2.24, 2.45) is 5.73 Å². The van der Waals surface area contributed by atoms with Gasteiger partial charge in [-0.05, 0) is 6.42 Å². The molecule has 3 nitrogen and oxygen atoms in total. The lowest BCUT2D eigenvalue weighted by Gasteiger charge is -1.99. The van der Waals surface area contributed by atoms with Crippen LogP contribution in [0.2, 0.25) is 0 Å². The summed E-state index contributed by atoms with van der Waals surface area (Å²) in [6.45, 7) is 14.9. The van der Waals surface area contributed by atoms with Crippen molar-refractivity contribution in [3.63, 3.8) is 0 Å². The van der Waals surface area contributed by atoms with E-state index < -0.39 is 0 Å². The third kappa shape index (κ3) is 50.4. The first-order valence-corrected chi connectivity index (χ1v) is 7.08. The molecule has 0 saturated carbocycles. The van der Waals surface area contributed by atoms with Crippen molar-refractivity contribution < 1.29 is 9.53 Å². The Bertz CT molecular complexity index is 104. The molecule has 0 radical (unpaired) electrons. The molecule has 0 atom stereocenters. The lowest BCUT2D eigenvalue weighted by Crippen LogP contribution is -2.17. The minimum Gasteiger partial charge on any atom is -0.465 e. The fourth-order valence-corrected chi connectivity index (χ4v) is 0.389. The van der Waals surface area contributed by atoms with Crippen molar-refractivity contribution in [1.29, 1.82) is 0 Å². The van der Waals surface area contributed by atoms with Crippen molar-refractivity contribution in [2.75, 3.05) is 13.2 Å². The summed E-state index contributed by atoms with van der Waals surface area (Å²) in [7, 11) is 0. The van der Waals surface area contributed by atoms with Crippen molar-refractivity contribution in [2.45, 2.75) is 74.1 Å². The molecule has 0 fully saturated rings. The second-order valence-corrected chi connectivity index (χ2v) is 2.78. The summed E-state index contributed by atoms with van der Waals surface area (Å²) >= 11 is 0. The highest BCUT2D eigenvalue weighted by Crippen LogP contribution is 1.86. The molecule has 0 aliphatic carbocycles. The molecule has 0 spiro atoms. The standard InChI is InChI=1S/C6H13NO2.C4H10.2C2H6/c1-2-3-4-9-6(8)5-7;1-3-4-2;2*1-2/h2-5,7H2,1H3;3-4H2,1-2H3;2*1-2H3. The molecule has 17 heavy (non-hydrogen) atoms. The van der Waals surface area contributed by atoms with Crippen molar-refractivity contribution >= 4 is 5.97 Å². The maximum atomic E-state index is 10.3. The van der Waals surface area contributed by atoms with Gasteiger partial charge in [-0.1, -0.05) is 67.7 Å². The smallest absolute Gasteiger partial charge is 0.319 e. The molecule has 2 N–H and O–H groups in total. The number of nitrogens with two attached hydrogens (primary N) is 1. The summed E-state index contributed by atoms with van der Waals surface area (Å²) in [6.07, 6.45) is 4.60. The van der Waals surface area contributed by atoms with E-state index in [1.54, 1.807) is 0 Å². The van der Waals surface area contributed by atoms with E-state index in [0.29, 0.717) is 6.61 Å². The zero-order chi connectivity index (χ0) is 14.5. The highest BCUT2D eigenvalue weighted by Gasteiger charge is 1.94. The monoisotopic (exact) mass is 249 g/mol. The number of carbonyl (C=O) groups excluding carboxylic acids is 1. The van der Waals surface area contributed by atoms with Gasteiger partial charge in [0.2, 0.25) is 0 Å². The maximum absolute atomic E-state index is 10.3. The Balaban J connectivity index is -0.0000000887. The maximum Gasteiger partial charge on any atom is 0.319 e. The van der Waals surface area contributed by atoms with Gasteiger partial charge < -0.3 is 10.5 Å². The Kier molecular flexibility index (Phi) is 53.8. The first-order chi connectivity index (χ1) is 8.22. The Morgan fingerprint density at radius 3 is 1.59 bits per heavy atom. The molecular formula is C14H35NO2. The first-order valence-electron chi connectivity index (χ1n) is 7.08. The third-order valence-corrected chi connectivity index (χ3v) is 1.43. The summed E-state index contributed by atoms with van der Waals surface area (Å²) < 4.78 is 4.67. The number of hydrogen-bond acceptors (Lipinski definition) is 3. The minimum atomic E-state index is -0.316. The van der Waals surface area contributed by atoms with E-state index >= 15 is 0 Å². The van der Waals surface area contributed by atoms with Crippen molar-refractivity contribution in [3.05, 3.63) is 0 Å². The van der Waals surface area contributed by atoms with Crippen LogP contribution in [-0.4, -0.2) is 19.1 Å². The van der Waals surface area contributed by atoms with E-state index in [1.165, 1.54) is 12.8 Å². The van der Waals surface area contributed by atoms with Crippen LogP contribution < -0.4 is 5.73 Å². The molecule has 0 aromatic rings. The summed E-state index contributed by atoms with van der Waals surface area (Å²) in [5.41, 5.74) is 4.98. The van der Waals surface area contributed by atoms with Gasteiger partial charge in [0.1, 0.15) is 0 Å². The lowest BCUT2D eigenvalue weighted by atomic mass is 10.4. The molecule has 0 amide bonds. The van der Waals surface area contributed by atoms with Crippen LogP contribution in [0.15, 0.2) is 0 Å². The molecule has 3 heteroatoms. The number of rotatable bonds is 5. The van der Waals surface area contributed by atoms with E-state index in [-0.39, 0.29) is 12.5 Å². The van der Waals surface area contributed by atoms with Gasteiger partial charge in [0, 0.05) is 0 Å². The molecule has 0 aliphatic heterocycles. The molecule has 0 aliphatic rings. The van der Waals surface area contributed by atoms with Crippen molar-refractivity contribution in [1.82, 2.24) is 0 Å². The Labute approximate surface area is 109 Å². The predicted molar refractivity (Wildman–Crippen MR) is 78.2 cm³/mol. The fraction of sp³-hybridized carbons (Fsp3) is 0.929. The molecule has 0 aromatic heterocycles. The number of unbranched alkanes of at least 4 members (excludes halogenated alkanes) is 2. The first kappa shape index (κ1) is 25.3. The highest BCUT2D eigenvalue weighted by molar-refractivity contribution is 5.71. The van der Waals surface area contributed by atoms with Gasteiger partial charge in [0.05, 0.1) is 13.2 Å². The predicted octanol–water partition coefficient (Wildman–Crippen LogP) is 4.15. The van der Waals surface area contributed by atoms with Gasteiger partial charge in [-0.2, -0.15) is 0 Å². The summed E-state index contributed by atoms with van der Waals surface area (Å²) in [5.74, 6) is -0.316. The van der Waals surface area contributed by atoms with Gasteiger partial charge in [-0.15, -0.1) is 0 Å². The molecule has 0 rings (SSSR count). The SMILES string of the molecule is CC.CC.CCCC.CCCCOC(=O)CN. The normalized spacial score (nSPS) is 7.29. The second-order valence-electron chi connectivity index (χ2n) is 2.78. The summed E-state index contributed by atoms with van der Waals surface area (Å²) in [6, 6.07) is 0. The molecular weight excluding hydrogens is 214 g/mol. The van der Waals surface area contributed by atoms with Crippen LogP contribution in [-0.2, 0) is 9.53 Å². The van der Waals surface area contributed by atoms with Gasteiger partial charge in [-0.3, -0.25) is 4.79 Å². The molecule has 0 bridgehead atoms. The topological polar surface area (TPSA) is 52.3 Å². The Morgan fingerprint density at radius 1 is 0.941 bits per heavy atom. The number of esters is 1. The minimum absolute atomic E-state index is 0.0102. The van der Waals surface area contributed by atoms with Crippen molar-refractivity contribution in [3.8, 4) is 0 Å². The average Bonchev–Trinajstić information content (AvgIpc) is 2.43. The number of carbonyl (C=O) groups is 1. The summed E-state index contributed by atoms with van der Waals surface area (Å²) in [5, 5.41) is 0. The van der Waals surface area contributed by atoms with Gasteiger partial charge >= 0.3 is 5.97 Å². The van der Waals surface area contributed by atoms with E-state index in [4.69, 9.17) is 5.73 Å². The number of hydrogen-bond donors (Lipinski definition) is 1. The van der Waals surface area contributed by atoms with Gasteiger partial charge in [0.25, 0.3) is 0 Å². The molecule has 0 unspecified atom stereocenters. The van der Waals surface area contributed by atoms with E-state index in [1.807, 2.05) is 34.6 Å². The van der Waals surface area contributed by atoms with E-state index in [9.17, 15) is 4.79 Å². The zero-order valence-electron chi connectivity index (χ0n) is 13.1. The average molecular weight is 249 g/mol. The fourth-order valence-electron chi connectivity index (χ4n) is 0.389. The van der Waals surface area contributed by atoms with Crippen LogP contribution in [0.3, 0.4) is 0 Å². The zero-order valence-corrected chi connectivity index (χ0v) is 13.1. The molecule has 108 valence electrons. The Morgan fingerprint density at radius 2 is 1.35 bits per heavy atom. The second kappa shape index (κ2) is 36.1. The summed E-state index contributed by atoms with van der Waals surface area (Å²) in [4.78, 5) is 10.3. The largest absolute Gasteiger partial charge is 0.465 e. The Hall–Kier alpha value is -0.570. The van der Waals surface area contributed by atoms with Crippen LogP contribution >= 0.6 is 0 Å². The van der Waals surface area contributed by atoms with Crippen LogP contribution in [0.4, 0.5) is 0 Å². The van der Waals surface area contributed by atoms with Crippen LogP contribution in [0, 0.1) is 0 Å². The molecule has 0 heterocycles. The lowest BCUT2D eigenvalue weighted by molar-refractivity contribution is -0.141.